The van der Waals surface area contributed by atoms with E-state index in [0.29, 0.717) is 6.61 Å². The predicted molar refractivity (Wildman–Crippen MR) is 63.1 cm³/mol. The SMILES string of the molecule is CCOC(=O)Nc1cc(C)c(OC)cc1C. The van der Waals surface area contributed by atoms with Crippen molar-refractivity contribution in [2.75, 3.05) is 19.0 Å². The van der Waals surface area contributed by atoms with Gasteiger partial charge in [-0.25, -0.2) is 4.79 Å². The van der Waals surface area contributed by atoms with Gasteiger partial charge in [0.1, 0.15) is 5.75 Å². The fraction of sp³-hybridized carbons (Fsp3) is 0.417. The van der Waals surface area contributed by atoms with Crippen LogP contribution in [0.1, 0.15) is 18.1 Å². The number of hydrogen-bond acceptors (Lipinski definition) is 3. The third-order valence-corrected chi connectivity index (χ3v) is 2.25. The molecule has 1 aromatic carbocycles. The summed E-state index contributed by atoms with van der Waals surface area (Å²) in [4.78, 5) is 11.3. The summed E-state index contributed by atoms with van der Waals surface area (Å²) in [5.41, 5.74) is 2.66. The van der Waals surface area contributed by atoms with Gasteiger partial charge in [0.25, 0.3) is 0 Å². The quantitative estimate of drug-likeness (QED) is 0.857. The molecule has 1 N–H and O–H groups in total. The van der Waals surface area contributed by atoms with Gasteiger partial charge in [0.2, 0.25) is 0 Å². The molecule has 0 unspecified atom stereocenters. The van der Waals surface area contributed by atoms with E-state index < -0.39 is 6.09 Å². The van der Waals surface area contributed by atoms with E-state index in [1.807, 2.05) is 26.0 Å². The summed E-state index contributed by atoms with van der Waals surface area (Å²) >= 11 is 0. The van der Waals surface area contributed by atoms with Crippen LogP contribution in [-0.2, 0) is 4.74 Å². The van der Waals surface area contributed by atoms with Crippen LogP contribution in [0.5, 0.6) is 5.75 Å². The molecular formula is C12H17NO3. The first-order valence-corrected chi connectivity index (χ1v) is 5.17. The van der Waals surface area contributed by atoms with Crippen LogP contribution in [0.25, 0.3) is 0 Å². The number of amides is 1. The maximum Gasteiger partial charge on any atom is 0.411 e. The van der Waals surface area contributed by atoms with Gasteiger partial charge in [-0.2, -0.15) is 0 Å². The number of nitrogens with one attached hydrogen (secondary N) is 1. The summed E-state index contributed by atoms with van der Waals surface area (Å²) in [6.45, 7) is 5.96. The fourth-order valence-corrected chi connectivity index (χ4v) is 1.42. The summed E-state index contributed by atoms with van der Waals surface area (Å²) in [6.07, 6.45) is -0.435. The zero-order chi connectivity index (χ0) is 12.1. The van der Waals surface area contributed by atoms with Gasteiger partial charge in [-0.05, 0) is 44.0 Å². The second-order valence-corrected chi connectivity index (χ2v) is 3.48. The molecule has 1 amide bonds. The number of carbonyl (C=O) groups excluding carboxylic acids is 1. The highest BCUT2D eigenvalue weighted by molar-refractivity contribution is 5.86. The molecular weight excluding hydrogens is 206 g/mol. The Labute approximate surface area is 95.6 Å². The highest BCUT2D eigenvalue weighted by Gasteiger charge is 2.08. The lowest BCUT2D eigenvalue weighted by Gasteiger charge is -2.12. The van der Waals surface area contributed by atoms with Crippen molar-refractivity contribution in [2.24, 2.45) is 0 Å². The van der Waals surface area contributed by atoms with Crippen LogP contribution in [0.15, 0.2) is 12.1 Å². The number of rotatable bonds is 3. The van der Waals surface area contributed by atoms with Crippen molar-refractivity contribution < 1.29 is 14.3 Å². The molecule has 0 radical (unpaired) electrons. The van der Waals surface area contributed by atoms with Crippen LogP contribution in [0.3, 0.4) is 0 Å². The fourth-order valence-electron chi connectivity index (χ4n) is 1.42. The molecule has 0 aliphatic carbocycles. The zero-order valence-electron chi connectivity index (χ0n) is 10.1. The van der Waals surface area contributed by atoms with Crippen LogP contribution >= 0.6 is 0 Å². The predicted octanol–water partition coefficient (Wildman–Crippen LogP) is 2.88. The van der Waals surface area contributed by atoms with Gasteiger partial charge in [-0.15, -0.1) is 0 Å². The Morgan fingerprint density at radius 2 is 2.00 bits per heavy atom. The van der Waals surface area contributed by atoms with Crippen molar-refractivity contribution in [1.82, 2.24) is 0 Å². The Balaban J connectivity index is 2.89. The van der Waals surface area contributed by atoms with Crippen LogP contribution in [0, 0.1) is 13.8 Å². The monoisotopic (exact) mass is 223 g/mol. The van der Waals surface area contributed by atoms with E-state index in [2.05, 4.69) is 5.32 Å². The van der Waals surface area contributed by atoms with Crippen molar-refractivity contribution in [2.45, 2.75) is 20.8 Å². The minimum Gasteiger partial charge on any atom is -0.496 e. The van der Waals surface area contributed by atoms with Gasteiger partial charge < -0.3 is 9.47 Å². The molecule has 0 bridgehead atoms. The van der Waals surface area contributed by atoms with E-state index in [1.54, 1.807) is 14.0 Å². The van der Waals surface area contributed by atoms with E-state index in [9.17, 15) is 4.79 Å². The maximum atomic E-state index is 11.3. The molecule has 16 heavy (non-hydrogen) atoms. The second kappa shape index (κ2) is 5.39. The molecule has 0 heterocycles. The number of anilines is 1. The lowest BCUT2D eigenvalue weighted by molar-refractivity contribution is 0.168. The van der Waals surface area contributed by atoms with Gasteiger partial charge in [0.15, 0.2) is 0 Å². The lowest BCUT2D eigenvalue weighted by Crippen LogP contribution is -2.14. The van der Waals surface area contributed by atoms with Crippen molar-refractivity contribution in [1.29, 1.82) is 0 Å². The first kappa shape index (κ1) is 12.4. The standard InChI is InChI=1S/C12H17NO3/c1-5-16-12(14)13-10-6-9(3)11(15-4)7-8(10)2/h6-7H,5H2,1-4H3,(H,13,14). The van der Waals surface area contributed by atoms with Crippen LogP contribution in [-0.4, -0.2) is 19.8 Å². The molecule has 0 atom stereocenters. The van der Waals surface area contributed by atoms with Gasteiger partial charge in [0, 0.05) is 5.69 Å². The highest BCUT2D eigenvalue weighted by atomic mass is 16.5. The summed E-state index contributed by atoms with van der Waals surface area (Å²) in [6, 6.07) is 3.75. The number of methoxy groups -OCH3 is 1. The van der Waals surface area contributed by atoms with E-state index in [0.717, 1.165) is 22.6 Å². The maximum absolute atomic E-state index is 11.3. The molecule has 1 aromatic rings. The largest absolute Gasteiger partial charge is 0.496 e. The first-order valence-electron chi connectivity index (χ1n) is 5.17. The molecule has 4 nitrogen and oxygen atoms in total. The zero-order valence-corrected chi connectivity index (χ0v) is 10.1. The molecule has 1 rings (SSSR count). The van der Waals surface area contributed by atoms with Crippen molar-refractivity contribution in [3.8, 4) is 5.75 Å². The number of carbonyl (C=O) groups is 1. The number of hydrogen-bond donors (Lipinski definition) is 1. The average Bonchev–Trinajstić information content (AvgIpc) is 2.23. The van der Waals surface area contributed by atoms with Crippen LogP contribution in [0.4, 0.5) is 10.5 Å². The van der Waals surface area contributed by atoms with Gasteiger partial charge in [-0.3, -0.25) is 5.32 Å². The number of benzene rings is 1. The molecule has 0 saturated carbocycles. The Bertz CT molecular complexity index is 388. The van der Waals surface area contributed by atoms with Crippen molar-refractivity contribution >= 4 is 11.8 Å². The smallest absolute Gasteiger partial charge is 0.411 e. The second-order valence-electron chi connectivity index (χ2n) is 3.48. The molecule has 0 aromatic heterocycles. The Kier molecular flexibility index (Phi) is 4.17. The van der Waals surface area contributed by atoms with Crippen molar-refractivity contribution in [3.63, 3.8) is 0 Å². The third-order valence-electron chi connectivity index (χ3n) is 2.25. The van der Waals surface area contributed by atoms with Crippen molar-refractivity contribution in [3.05, 3.63) is 23.3 Å². The summed E-state index contributed by atoms with van der Waals surface area (Å²) < 4.78 is 10.0. The minimum absolute atomic E-state index is 0.361. The van der Waals surface area contributed by atoms with E-state index in [4.69, 9.17) is 9.47 Å². The normalized spacial score (nSPS) is 9.75. The molecule has 4 heteroatoms. The lowest BCUT2D eigenvalue weighted by atomic mass is 10.1. The number of ether oxygens (including phenoxy) is 2. The molecule has 0 spiro atoms. The molecule has 88 valence electrons. The number of aryl methyl sites for hydroxylation is 2. The minimum atomic E-state index is -0.435. The molecule has 0 fully saturated rings. The highest BCUT2D eigenvalue weighted by Crippen LogP contribution is 2.25. The average molecular weight is 223 g/mol. The molecule has 0 aliphatic heterocycles. The summed E-state index contributed by atoms with van der Waals surface area (Å²) in [5, 5.41) is 2.69. The Morgan fingerprint density at radius 1 is 1.31 bits per heavy atom. The Morgan fingerprint density at radius 3 is 2.56 bits per heavy atom. The van der Waals surface area contributed by atoms with Gasteiger partial charge in [-0.1, -0.05) is 0 Å². The summed E-state index contributed by atoms with van der Waals surface area (Å²) in [5.74, 6) is 0.812. The van der Waals surface area contributed by atoms with E-state index in [1.165, 1.54) is 0 Å². The van der Waals surface area contributed by atoms with Gasteiger partial charge >= 0.3 is 6.09 Å². The van der Waals surface area contributed by atoms with Crippen LogP contribution < -0.4 is 10.1 Å². The summed E-state index contributed by atoms with van der Waals surface area (Å²) in [7, 11) is 1.63. The first-order chi connectivity index (χ1) is 7.58. The topological polar surface area (TPSA) is 47.6 Å². The third kappa shape index (κ3) is 2.89. The molecule has 0 aliphatic rings. The Hall–Kier alpha value is -1.71. The molecule has 0 saturated heterocycles. The van der Waals surface area contributed by atoms with E-state index >= 15 is 0 Å². The van der Waals surface area contributed by atoms with Crippen LogP contribution in [0.2, 0.25) is 0 Å². The van der Waals surface area contributed by atoms with Gasteiger partial charge in [0.05, 0.1) is 13.7 Å². The van der Waals surface area contributed by atoms with E-state index in [-0.39, 0.29) is 0 Å².